The van der Waals surface area contributed by atoms with Gasteiger partial charge in [-0.25, -0.2) is 4.79 Å². The predicted molar refractivity (Wildman–Crippen MR) is 115 cm³/mol. The number of hydrogen-bond donors (Lipinski definition) is 1. The van der Waals surface area contributed by atoms with Gasteiger partial charge in [0, 0.05) is 11.3 Å². The molecule has 6 nitrogen and oxygen atoms in total. The Morgan fingerprint density at radius 1 is 1.10 bits per heavy atom. The first-order valence-corrected chi connectivity index (χ1v) is 10.3. The van der Waals surface area contributed by atoms with Crippen molar-refractivity contribution < 1.29 is 23.8 Å². The molecule has 0 atom stereocenters. The van der Waals surface area contributed by atoms with E-state index in [9.17, 15) is 9.59 Å². The highest BCUT2D eigenvalue weighted by molar-refractivity contribution is 7.12. The van der Waals surface area contributed by atoms with Crippen molar-refractivity contribution in [3.63, 3.8) is 0 Å². The highest BCUT2D eigenvalue weighted by Crippen LogP contribution is 2.36. The summed E-state index contributed by atoms with van der Waals surface area (Å²) >= 11 is 1.37. The van der Waals surface area contributed by atoms with Gasteiger partial charge in [-0.3, -0.25) is 4.79 Å². The Balaban J connectivity index is 1.41. The van der Waals surface area contributed by atoms with Gasteiger partial charge in [0.15, 0.2) is 11.5 Å². The molecule has 0 fully saturated rings. The SMILES string of the molecule is CCOc1cccc2c1OCC(C(=O)Oc1ccc(NC(=O)c3cccs3)cc1)=C2. The van der Waals surface area contributed by atoms with Crippen LogP contribution in [0.4, 0.5) is 5.69 Å². The molecule has 4 rings (SSSR count). The normalized spacial score (nSPS) is 12.2. The molecule has 2 heterocycles. The lowest BCUT2D eigenvalue weighted by Gasteiger charge is -2.19. The maximum Gasteiger partial charge on any atom is 0.342 e. The van der Waals surface area contributed by atoms with E-state index in [2.05, 4.69) is 5.32 Å². The van der Waals surface area contributed by atoms with Gasteiger partial charge in [0.2, 0.25) is 0 Å². The van der Waals surface area contributed by atoms with E-state index < -0.39 is 5.97 Å². The molecular formula is C23H19NO5S. The number of carbonyl (C=O) groups excluding carboxylic acids is 2. The van der Waals surface area contributed by atoms with Crippen LogP contribution in [0.25, 0.3) is 6.08 Å². The fourth-order valence-electron chi connectivity index (χ4n) is 2.95. The van der Waals surface area contributed by atoms with Gasteiger partial charge >= 0.3 is 5.97 Å². The number of nitrogens with one attached hydrogen (secondary N) is 1. The zero-order valence-corrected chi connectivity index (χ0v) is 17.0. The Morgan fingerprint density at radius 3 is 2.67 bits per heavy atom. The van der Waals surface area contributed by atoms with Gasteiger partial charge in [-0.2, -0.15) is 0 Å². The minimum atomic E-state index is -0.488. The lowest BCUT2D eigenvalue weighted by Crippen LogP contribution is -2.19. The van der Waals surface area contributed by atoms with Gasteiger partial charge in [0.25, 0.3) is 5.91 Å². The van der Waals surface area contributed by atoms with Crippen molar-refractivity contribution in [1.82, 2.24) is 0 Å². The van der Waals surface area contributed by atoms with Gasteiger partial charge in [-0.15, -0.1) is 11.3 Å². The van der Waals surface area contributed by atoms with Crippen molar-refractivity contribution in [2.45, 2.75) is 6.92 Å². The van der Waals surface area contributed by atoms with Gasteiger partial charge < -0.3 is 19.5 Å². The Kier molecular flexibility index (Phi) is 5.81. The summed E-state index contributed by atoms with van der Waals surface area (Å²) < 4.78 is 16.7. The molecule has 152 valence electrons. The molecule has 0 unspecified atom stereocenters. The van der Waals surface area contributed by atoms with E-state index in [1.165, 1.54) is 11.3 Å². The summed E-state index contributed by atoms with van der Waals surface area (Å²) in [6.45, 7) is 2.53. The monoisotopic (exact) mass is 421 g/mol. The molecule has 1 N–H and O–H groups in total. The molecule has 1 aliphatic rings. The molecule has 0 radical (unpaired) electrons. The third-order valence-corrected chi connectivity index (χ3v) is 5.21. The first kappa shape index (κ1) is 19.7. The van der Waals surface area contributed by atoms with E-state index in [4.69, 9.17) is 14.2 Å². The van der Waals surface area contributed by atoms with E-state index >= 15 is 0 Å². The Morgan fingerprint density at radius 2 is 1.93 bits per heavy atom. The summed E-state index contributed by atoms with van der Waals surface area (Å²) in [7, 11) is 0. The predicted octanol–water partition coefficient (Wildman–Crippen LogP) is 4.78. The van der Waals surface area contributed by atoms with Crippen LogP contribution in [-0.2, 0) is 4.79 Å². The van der Waals surface area contributed by atoms with Crippen molar-refractivity contribution in [3.05, 3.63) is 76.0 Å². The summed E-state index contributed by atoms with van der Waals surface area (Å²) in [5.74, 6) is 0.992. The number of para-hydroxylation sites is 1. The van der Waals surface area contributed by atoms with E-state index in [1.54, 1.807) is 36.4 Å². The number of fused-ring (bicyclic) bond motifs is 1. The molecule has 0 bridgehead atoms. The maximum absolute atomic E-state index is 12.5. The molecule has 1 aliphatic heterocycles. The lowest BCUT2D eigenvalue weighted by atomic mass is 10.1. The van der Waals surface area contributed by atoms with E-state index in [1.807, 2.05) is 36.6 Å². The van der Waals surface area contributed by atoms with Gasteiger partial charge in [-0.05, 0) is 54.8 Å². The second-order valence-electron chi connectivity index (χ2n) is 6.41. The average Bonchev–Trinajstić information content (AvgIpc) is 3.30. The van der Waals surface area contributed by atoms with Crippen LogP contribution in [0.2, 0.25) is 0 Å². The molecular weight excluding hydrogens is 402 g/mol. The smallest absolute Gasteiger partial charge is 0.342 e. The van der Waals surface area contributed by atoms with Crippen LogP contribution < -0.4 is 19.5 Å². The largest absolute Gasteiger partial charge is 0.490 e. The molecule has 1 amide bonds. The third-order valence-electron chi connectivity index (χ3n) is 4.34. The Hall–Kier alpha value is -3.58. The highest BCUT2D eigenvalue weighted by Gasteiger charge is 2.21. The lowest BCUT2D eigenvalue weighted by molar-refractivity contribution is -0.130. The fourth-order valence-corrected chi connectivity index (χ4v) is 3.57. The zero-order chi connectivity index (χ0) is 20.9. The number of esters is 1. The quantitative estimate of drug-likeness (QED) is 0.458. The van der Waals surface area contributed by atoms with Gasteiger partial charge in [0.1, 0.15) is 12.4 Å². The summed E-state index contributed by atoms with van der Waals surface area (Å²) in [4.78, 5) is 25.3. The molecule has 0 spiro atoms. The number of hydrogen-bond acceptors (Lipinski definition) is 6. The van der Waals surface area contributed by atoms with Crippen molar-refractivity contribution in [2.24, 2.45) is 0 Å². The highest BCUT2D eigenvalue weighted by atomic mass is 32.1. The number of benzene rings is 2. The molecule has 1 aromatic heterocycles. The number of carbonyl (C=O) groups is 2. The van der Waals surface area contributed by atoms with E-state index in [-0.39, 0.29) is 12.5 Å². The molecule has 3 aromatic rings. The number of thiophene rings is 1. The maximum atomic E-state index is 12.5. The minimum absolute atomic E-state index is 0.102. The van der Waals surface area contributed by atoms with Crippen LogP contribution in [0.15, 0.2) is 65.6 Å². The van der Waals surface area contributed by atoms with Crippen LogP contribution in [0.5, 0.6) is 17.2 Å². The molecule has 0 aliphatic carbocycles. The van der Waals surface area contributed by atoms with Crippen LogP contribution in [0.1, 0.15) is 22.2 Å². The van der Waals surface area contributed by atoms with E-state index in [0.29, 0.717) is 40.0 Å². The fraction of sp³-hybridized carbons (Fsp3) is 0.130. The Bertz CT molecular complexity index is 1090. The van der Waals surface area contributed by atoms with Crippen LogP contribution >= 0.6 is 11.3 Å². The number of ether oxygens (including phenoxy) is 3. The first-order chi connectivity index (χ1) is 14.6. The molecule has 0 saturated carbocycles. The summed E-state index contributed by atoms with van der Waals surface area (Å²) in [6, 6.07) is 15.7. The van der Waals surface area contributed by atoms with Gasteiger partial charge in [0.05, 0.1) is 17.1 Å². The summed E-state index contributed by atoms with van der Waals surface area (Å²) in [5.41, 5.74) is 1.79. The summed E-state index contributed by atoms with van der Waals surface area (Å²) in [5, 5.41) is 4.65. The molecule has 2 aromatic carbocycles. The first-order valence-electron chi connectivity index (χ1n) is 9.40. The zero-order valence-electron chi connectivity index (χ0n) is 16.2. The molecule has 0 saturated heterocycles. The van der Waals surface area contributed by atoms with Crippen molar-refractivity contribution >= 4 is 35.0 Å². The van der Waals surface area contributed by atoms with Crippen molar-refractivity contribution in [1.29, 1.82) is 0 Å². The number of rotatable bonds is 6. The van der Waals surface area contributed by atoms with Crippen LogP contribution in [0.3, 0.4) is 0 Å². The standard InChI is InChI=1S/C23H19NO5S/c1-2-27-19-6-3-5-15-13-16(14-28-21(15)19)23(26)29-18-10-8-17(9-11-18)24-22(25)20-7-4-12-30-20/h3-13H,2,14H2,1H3,(H,24,25). The summed E-state index contributed by atoms with van der Waals surface area (Å²) in [6.07, 6.45) is 1.75. The van der Waals surface area contributed by atoms with Gasteiger partial charge in [-0.1, -0.05) is 18.2 Å². The topological polar surface area (TPSA) is 73.9 Å². The third kappa shape index (κ3) is 4.36. The van der Waals surface area contributed by atoms with E-state index in [0.717, 1.165) is 5.56 Å². The minimum Gasteiger partial charge on any atom is -0.490 e. The van der Waals surface area contributed by atoms with Crippen LogP contribution in [-0.4, -0.2) is 25.1 Å². The molecule has 30 heavy (non-hydrogen) atoms. The van der Waals surface area contributed by atoms with Crippen LogP contribution in [0, 0.1) is 0 Å². The second-order valence-corrected chi connectivity index (χ2v) is 7.36. The Labute approximate surface area is 177 Å². The number of anilines is 1. The molecule has 7 heteroatoms. The van der Waals surface area contributed by atoms with Crippen molar-refractivity contribution in [2.75, 3.05) is 18.5 Å². The van der Waals surface area contributed by atoms with Crippen molar-refractivity contribution in [3.8, 4) is 17.2 Å². The average molecular weight is 421 g/mol. The number of amides is 1. The second kappa shape index (κ2) is 8.84.